The molecule has 3 N–H and O–H groups in total. The van der Waals surface area contributed by atoms with Crippen LogP contribution < -0.4 is 10.6 Å². The van der Waals surface area contributed by atoms with Crippen molar-refractivity contribution < 1.29 is 9.53 Å². The van der Waals surface area contributed by atoms with Crippen LogP contribution in [0.15, 0.2) is 79.1 Å². The van der Waals surface area contributed by atoms with E-state index < -0.39 is 0 Å². The molecule has 1 aliphatic rings. The summed E-state index contributed by atoms with van der Waals surface area (Å²) in [6.07, 6.45) is 5.47. The van der Waals surface area contributed by atoms with Crippen LogP contribution in [0.4, 0.5) is 4.79 Å². The number of urea groups is 1. The van der Waals surface area contributed by atoms with Crippen molar-refractivity contribution in [2.45, 2.75) is 38.9 Å². The number of imidazole rings is 1. The number of benzene rings is 3. The Balaban J connectivity index is 0.00000253. The van der Waals surface area contributed by atoms with Crippen LogP contribution in [0.5, 0.6) is 0 Å². The Kier molecular flexibility index (Phi) is 14.3. The summed E-state index contributed by atoms with van der Waals surface area (Å²) in [5, 5.41) is 9.08. The minimum atomic E-state index is -0.105. The molecule has 1 saturated heterocycles. The molecule has 10 heteroatoms. The van der Waals surface area contributed by atoms with E-state index in [4.69, 9.17) is 4.74 Å². The first kappa shape index (κ1) is 34.4. The predicted molar refractivity (Wildman–Crippen MR) is 178 cm³/mol. The molecule has 0 aliphatic carbocycles. The molecule has 2 amide bonds. The number of rotatable bonds is 13. The second-order valence-electron chi connectivity index (χ2n) is 10.7. The highest BCUT2D eigenvalue weighted by Crippen LogP contribution is 2.24. The van der Waals surface area contributed by atoms with Gasteiger partial charge in [0.15, 0.2) is 0 Å². The van der Waals surface area contributed by atoms with Crippen LogP contribution in [-0.2, 0) is 24.2 Å². The summed E-state index contributed by atoms with van der Waals surface area (Å²) >= 11 is 0. The zero-order valence-corrected chi connectivity index (χ0v) is 26.5. The van der Waals surface area contributed by atoms with E-state index in [-0.39, 0.29) is 36.9 Å². The molecule has 232 valence electrons. The maximum atomic E-state index is 13.7. The lowest BCUT2D eigenvalue weighted by molar-refractivity contribution is 0.0364. The zero-order valence-electron chi connectivity index (χ0n) is 24.8. The summed E-state index contributed by atoms with van der Waals surface area (Å²) in [4.78, 5) is 25.4. The minimum absolute atomic E-state index is 0. The lowest BCUT2D eigenvalue weighted by Crippen LogP contribution is -2.43. The highest BCUT2D eigenvalue weighted by atomic mass is 35.5. The van der Waals surface area contributed by atoms with Crippen LogP contribution in [-0.4, -0.2) is 71.7 Å². The Labute approximate surface area is 267 Å². The number of aromatic amines is 1. The smallest absolute Gasteiger partial charge is 0.318 e. The van der Waals surface area contributed by atoms with Gasteiger partial charge >= 0.3 is 6.03 Å². The van der Waals surface area contributed by atoms with Crippen LogP contribution >= 0.6 is 24.8 Å². The number of morpholine rings is 1. The number of hydrogen-bond donors (Lipinski definition) is 3. The third-order valence-corrected chi connectivity index (χ3v) is 7.76. The minimum Gasteiger partial charge on any atom is -0.379 e. The third-order valence-electron chi connectivity index (χ3n) is 7.76. The second kappa shape index (κ2) is 17.9. The van der Waals surface area contributed by atoms with Gasteiger partial charge in [-0.05, 0) is 53.8 Å². The van der Waals surface area contributed by atoms with Crippen LogP contribution in [0.2, 0.25) is 0 Å². The number of aromatic nitrogens is 2. The molecule has 0 unspecified atom stereocenters. The van der Waals surface area contributed by atoms with E-state index >= 15 is 0 Å². The standard InChI is InChI=1S/C33H42N6O2.2ClH/c1-26(30-9-4-7-29-6-2-3-8-31(29)30)37-33(40)39(19-5-18-38-20-22-41-23-21-38)25-28-12-10-27(11-13-28)14-15-34-24-32-35-16-17-36-32;;/h2-4,6-13,16-17,26,34H,5,14-15,18-25H2,1H3,(H,35,36)(H,37,40);2*1H/t26-;;/m0../s1. The molecule has 0 spiro atoms. The van der Waals surface area contributed by atoms with E-state index in [0.29, 0.717) is 13.1 Å². The summed E-state index contributed by atoms with van der Waals surface area (Å²) in [5.74, 6) is 0.946. The lowest BCUT2D eigenvalue weighted by atomic mass is 10.00. The number of halogens is 2. The Morgan fingerprint density at radius 1 is 1.02 bits per heavy atom. The van der Waals surface area contributed by atoms with Crippen molar-refractivity contribution in [3.63, 3.8) is 0 Å². The molecule has 4 aromatic rings. The largest absolute Gasteiger partial charge is 0.379 e. The highest BCUT2D eigenvalue weighted by Gasteiger charge is 2.19. The van der Waals surface area contributed by atoms with Crippen LogP contribution in [0, 0.1) is 0 Å². The molecule has 2 heterocycles. The van der Waals surface area contributed by atoms with E-state index in [2.05, 4.69) is 93.1 Å². The van der Waals surface area contributed by atoms with Gasteiger partial charge in [-0.15, -0.1) is 24.8 Å². The molecule has 1 atom stereocenters. The van der Waals surface area contributed by atoms with Gasteiger partial charge in [0.05, 0.1) is 25.8 Å². The quantitative estimate of drug-likeness (QED) is 0.165. The molecule has 1 fully saturated rings. The van der Waals surface area contributed by atoms with Gasteiger partial charge in [0.2, 0.25) is 0 Å². The Bertz CT molecular complexity index is 1360. The van der Waals surface area contributed by atoms with Crippen molar-refractivity contribution in [1.29, 1.82) is 0 Å². The van der Waals surface area contributed by atoms with Gasteiger partial charge in [0.1, 0.15) is 5.82 Å². The highest BCUT2D eigenvalue weighted by molar-refractivity contribution is 5.87. The van der Waals surface area contributed by atoms with Gasteiger partial charge < -0.3 is 25.3 Å². The molecule has 1 aliphatic heterocycles. The topological polar surface area (TPSA) is 85.5 Å². The average Bonchev–Trinajstić information content (AvgIpc) is 3.53. The molecule has 8 nitrogen and oxygen atoms in total. The Morgan fingerprint density at radius 3 is 2.53 bits per heavy atom. The van der Waals surface area contributed by atoms with Gasteiger partial charge in [0.25, 0.3) is 0 Å². The van der Waals surface area contributed by atoms with Crippen molar-refractivity contribution in [3.05, 3.63) is 102 Å². The summed E-state index contributed by atoms with van der Waals surface area (Å²) in [6, 6.07) is 23.1. The van der Waals surface area contributed by atoms with Crippen LogP contribution in [0.3, 0.4) is 0 Å². The van der Waals surface area contributed by atoms with Crippen molar-refractivity contribution >= 4 is 41.6 Å². The van der Waals surface area contributed by atoms with E-state index in [1.54, 1.807) is 6.20 Å². The van der Waals surface area contributed by atoms with Crippen LogP contribution in [0.1, 0.15) is 41.9 Å². The Hall–Kier alpha value is -3.14. The van der Waals surface area contributed by atoms with Crippen molar-refractivity contribution in [3.8, 4) is 0 Å². The SMILES string of the molecule is C[C@H](NC(=O)N(CCCN1CCOCC1)Cc1ccc(CCNCc2ncc[nH]2)cc1)c1cccc2ccccc12.Cl.Cl. The fraction of sp³-hybridized carbons (Fsp3) is 0.394. The van der Waals surface area contributed by atoms with E-state index in [1.165, 1.54) is 16.3 Å². The van der Waals surface area contributed by atoms with Gasteiger partial charge in [-0.1, -0.05) is 66.7 Å². The fourth-order valence-corrected chi connectivity index (χ4v) is 5.41. The van der Waals surface area contributed by atoms with Crippen LogP contribution in [0.25, 0.3) is 10.8 Å². The average molecular weight is 628 g/mol. The van der Waals surface area contributed by atoms with Crippen molar-refractivity contribution in [2.75, 3.05) is 45.9 Å². The molecule has 1 aromatic heterocycles. The molecule has 43 heavy (non-hydrogen) atoms. The number of hydrogen-bond acceptors (Lipinski definition) is 5. The van der Waals surface area contributed by atoms with Gasteiger partial charge in [-0.3, -0.25) is 4.90 Å². The van der Waals surface area contributed by atoms with Gasteiger partial charge in [0, 0.05) is 45.1 Å². The molecule has 0 saturated carbocycles. The monoisotopic (exact) mass is 626 g/mol. The number of nitrogens with one attached hydrogen (secondary N) is 3. The number of nitrogens with zero attached hydrogens (tertiary/aromatic N) is 3. The van der Waals surface area contributed by atoms with E-state index in [1.807, 2.05) is 17.2 Å². The molecule has 0 bridgehead atoms. The summed E-state index contributed by atoms with van der Waals surface area (Å²) in [6.45, 7) is 9.42. The van der Waals surface area contributed by atoms with E-state index in [0.717, 1.165) is 75.7 Å². The maximum absolute atomic E-state index is 13.7. The first-order valence-electron chi connectivity index (χ1n) is 14.8. The number of ether oxygens (including phenoxy) is 1. The zero-order chi connectivity index (χ0) is 28.3. The number of carbonyl (C=O) groups is 1. The lowest BCUT2D eigenvalue weighted by Gasteiger charge is -2.29. The summed E-state index contributed by atoms with van der Waals surface area (Å²) in [7, 11) is 0. The van der Waals surface area contributed by atoms with Crippen molar-refractivity contribution in [1.82, 2.24) is 30.4 Å². The van der Waals surface area contributed by atoms with Crippen molar-refractivity contribution in [2.24, 2.45) is 0 Å². The maximum Gasteiger partial charge on any atom is 0.318 e. The molecule has 0 radical (unpaired) electrons. The summed E-state index contributed by atoms with van der Waals surface area (Å²) in [5.41, 5.74) is 3.54. The number of fused-ring (bicyclic) bond motifs is 1. The summed E-state index contributed by atoms with van der Waals surface area (Å²) < 4.78 is 5.49. The molecule has 5 rings (SSSR count). The third kappa shape index (κ3) is 10.2. The number of H-pyrrole nitrogens is 1. The predicted octanol–water partition coefficient (Wildman–Crippen LogP) is 5.73. The molecule has 3 aromatic carbocycles. The normalized spacial score (nSPS) is 14.0. The first-order chi connectivity index (χ1) is 20.2. The second-order valence-corrected chi connectivity index (χ2v) is 10.7. The number of amides is 2. The van der Waals surface area contributed by atoms with E-state index in [9.17, 15) is 4.79 Å². The fourth-order valence-electron chi connectivity index (χ4n) is 5.41. The molecular formula is C33H44Cl2N6O2. The number of carbonyl (C=O) groups excluding carboxylic acids is 1. The Morgan fingerprint density at radius 2 is 1.77 bits per heavy atom. The van der Waals surface area contributed by atoms with Gasteiger partial charge in [-0.25, -0.2) is 9.78 Å². The van der Waals surface area contributed by atoms with Gasteiger partial charge in [-0.2, -0.15) is 0 Å². The molecular weight excluding hydrogens is 583 g/mol. The first-order valence-corrected chi connectivity index (χ1v) is 14.8.